The van der Waals surface area contributed by atoms with Crippen molar-refractivity contribution in [3.05, 3.63) is 41.0 Å². The first-order valence-corrected chi connectivity index (χ1v) is 6.01. The standard InChI is InChI=1S/C12H17N5O/c1-10-15-11(8-12(18)16-10)14-4-2-3-6-17-7-5-13-9-17/h5,7-9H,2-4,6H2,1H3,(H2,14,15,16,18). The van der Waals surface area contributed by atoms with Crippen LogP contribution in [0.1, 0.15) is 18.7 Å². The Morgan fingerprint density at radius 2 is 2.33 bits per heavy atom. The maximum Gasteiger partial charge on any atom is 0.252 e. The van der Waals surface area contributed by atoms with Gasteiger partial charge in [-0.05, 0) is 19.8 Å². The van der Waals surface area contributed by atoms with Gasteiger partial charge in [-0.15, -0.1) is 0 Å². The van der Waals surface area contributed by atoms with Gasteiger partial charge in [0.2, 0.25) is 0 Å². The van der Waals surface area contributed by atoms with Crippen LogP contribution in [-0.4, -0.2) is 26.1 Å². The number of hydrogen-bond donors (Lipinski definition) is 2. The Bertz CT molecular complexity index is 532. The smallest absolute Gasteiger partial charge is 0.252 e. The molecule has 0 amide bonds. The lowest BCUT2D eigenvalue weighted by molar-refractivity contribution is 0.620. The van der Waals surface area contributed by atoms with E-state index < -0.39 is 0 Å². The lowest BCUT2D eigenvalue weighted by atomic mass is 10.3. The van der Waals surface area contributed by atoms with Gasteiger partial charge in [0.25, 0.3) is 5.56 Å². The van der Waals surface area contributed by atoms with Gasteiger partial charge in [0.15, 0.2) is 0 Å². The first kappa shape index (κ1) is 12.3. The number of aromatic amines is 1. The summed E-state index contributed by atoms with van der Waals surface area (Å²) in [6, 6.07) is 1.48. The maximum absolute atomic E-state index is 11.2. The monoisotopic (exact) mass is 247 g/mol. The average molecular weight is 247 g/mol. The summed E-state index contributed by atoms with van der Waals surface area (Å²) < 4.78 is 2.05. The molecule has 0 saturated heterocycles. The average Bonchev–Trinajstić information content (AvgIpc) is 2.80. The number of anilines is 1. The molecule has 2 heterocycles. The highest BCUT2D eigenvalue weighted by molar-refractivity contribution is 5.32. The van der Waals surface area contributed by atoms with Crippen molar-refractivity contribution in [1.29, 1.82) is 0 Å². The highest BCUT2D eigenvalue weighted by Gasteiger charge is 1.97. The van der Waals surface area contributed by atoms with E-state index in [0.717, 1.165) is 25.9 Å². The van der Waals surface area contributed by atoms with E-state index in [9.17, 15) is 4.79 Å². The van der Waals surface area contributed by atoms with Crippen molar-refractivity contribution < 1.29 is 0 Å². The number of aromatic nitrogens is 4. The van der Waals surface area contributed by atoms with Gasteiger partial charge >= 0.3 is 0 Å². The van der Waals surface area contributed by atoms with Gasteiger partial charge in [0.1, 0.15) is 11.6 Å². The lowest BCUT2D eigenvalue weighted by Gasteiger charge is -2.06. The van der Waals surface area contributed by atoms with Gasteiger partial charge in [-0.25, -0.2) is 9.97 Å². The van der Waals surface area contributed by atoms with E-state index in [1.807, 2.05) is 12.5 Å². The molecule has 2 aromatic heterocycles. The van der Waals surface area contributed by atoms with Crippen molar-refractivity contribution in [2.75, 3.05) is 11.9 Å². The van der Waals surface area contributed by atoms with Gasteiger partial charge < -0.3 is 14.9 Å². The Kier molecular flexibility index (Phi) is 4.11. The lowest BCUT2D eigenvalue weighted by Crippen LogP contribution is -2.12. The summed E-state index contributed by atoms with van der Waals surface area (Å²) in [6.45, 7) is 3.54. The first-order chi connectivity index (χ1) is 8.74. The van der Waals surface area contributed by atoms with E-state index in [0.29, 0.717) is 11.6 Å². The molecular weight excluding hydrogens is 230 g/mol. The summed E-state index contributed by atoms with van der Waals surface area (Å²) in [5, 5.41) is 3.15. The van der Waals surface area contributed by atoms with E-state index in [1.165, 1.54) is 6.07 Å². The molecular formula is C12H17N5O. The molecule has 6 heteroatoms. The molecule has 0 aromatic carbocycles. The number of hydrogen-bond acceptors (Lipinski definition) is 4. The zero-order valence-corrected chi connectivity index (χ0v) is 10.4. The molecule has 0 atom stereocenters. The predicted octanol–water partition coefficient (Wildman–Crippen LogP) is 1.17. The van der Waals surface area contributed by atoms with Gasteiger partial charge in [0, 0.05) is 31.5 Å². The Morgan fingerprint density at radius 1 is 1.44 bits per heavy atom. The molecule has 2 N–H and O–H groups in total. The molecule has 0 aliphatic heterocycles. The van der Waals surface area contributed by atoms with Crippen LogP contribution in [0.25, 0.3) is 0 Å². The third-order valence-electron chi connectivity index (χ3n) is 2.57. The van der Waals surface area contributed by atoms with Crippen LogP contribution >= 0.6 is 0 Å². The predicted molar refractivity (Wildman–Crippen MR) is 69.5 cm³/mol. The minimum Gasteiger partial charge on any atom is -0.370 e. The van der Waals surface area contributed by atoms with Crippen LogP contribution in [0.15, 0.2) is 29.6 Å². The molecule has 0 aliphatic rings. The van der Waals surface area contributed by atoms with Crippen LogP contribution in [0, 0.1) is 6.92 Å². The number of nitrogens with one attached hydrogen (secondary N) is 2. The number of rotatable bonds is 6. The Hall–Kier alpha value is -2.11. The molecule has 96 valence electrons. The van der Waals surface area contributed by atoms with Crippen molar-refractivity contribution in [2.45, 2.75) is 26.3 Å². The molecule has 0 bridgehead atoms. The molecule has 0 radical (unpaired) electrons. The second-order valence-corrected chi connectivity index (χ2v) is 4.15. The van der Waals surface area contributed by atoms with Crippen LogP contribution in [0.3, 0.4) is 0 Å². The third kappa shape index (κ3) is 3.73. The Morgan fingerprint density at radius 3 is 3.06 bits per heavy atom. The normalized spacial score (nSPS) is 10.5. The topological polar surface area (TPSA) is 75.6 Å². The largest absolute Gasteiger partial charge is 0.370 e. The molecule has 18 heavy (non-hydrogen) atoms. The van der Waals surface area contributed by atoms with E-state index in [4.69, 9.17) is 0 Å². The summed E-state index contributed by atoms with van der Waals surface area (Å²) in [7, 11) is 0. The van der Waals surface area contributed by atoms with Crippen molar-refractivity contribution >= 4 is 5.82 Å². The maximum atomic E-state index is 11.2. The number of aryl methyl sites for hydroxylation is 2. The highest BCUT2D eigenvalue weighted by atomic mass is 16.1. The summed E-state index contributed by atoms with van der Waals surface area (Å²) in [4.78, 5) is 22.0. The quantitative estimate of drug-likeness (QED) is 0.751. The molecule has 2 aromatic rings. The van der Waals surface area contributed by atoms with Crippen LogP contribution in [0.2, 0.25) is 0 Å². The second kappa shape index (κ2) is 6.00. The summed E-state index contributed by atoms with van der Waals surface area (Å²) in [5.74, 6) is 1.27. The zero-order valence-electron chi connectivity index (χ0n) is 10.4. The Balaban J connectivity index is 1.70. The molecule has 0 fully saturated rings. The van der Waals surface area contributed by atoms with E-state index in [-0.39, 0.29) is 5.56 Å². The fourth-order valence-electron chi connectivity index (χ4n) is 1.72. The SMILES string of the molecule is Cc1nc(NCCCCn2ccnc2)cc(=O)[nH]1. The Labute approximate surface area is 105 Å². The van der Waals surface area contributed by atoms with E-state index in [1.54, 1.807) is 13.1 Å². The second-order valence-electron chi connectivity index (χ2n) is 4.15. The summed E-state index contributed by atoms with van der Waals surface area (Å²) in [6.07, 6.45) is 7.63. The minimum absolute atomic E-state index is 0.122. The molecule has 0 saturated carbocycles. The molecule has 2 rings (SSSR count). The van der Waals surface area contributed by atoms with Crippen LogP contribution < -0.4 is 10.9 Å². The number of unbranched alkanes of at least 4 members (excludes halogenated alkanes) is 1. The zero-order chi connectivity index (χ0) is 12.8. The van der Waals surface area contributed by atoms with Crippen molar-refractivity contribution in [3.63, 3.8) is 0 Å². The van der Waals surface area contributed by atoms with Gasteiger partial charge in [-0.3, -0.25) is 4.79 Å². The fourth-order valence-corrected chi connectivity index (χ4v) is 1.72. The van der Waals surface area contributed by atoms with Crippen molar-refractivity contribution in [1.82, 2.24) is 19.5 Å². The molecule has 6 nitrogen and oxygen atoms in total. The van der Waals surface area contributed by atoms with Crippen LogP contribution in [-0.2, 0) is 6.54 Å². The van der Waals surface area contributed by atoms with Gasteiger partial charge in [-0.2, -0.15) is 0 Å². The van der Waals surface area contributed by atoms with E-state index >= 15 is 0 Å². The van der Waals surface area contributed by atoms with Crippen molar-refractivity contribution in [2.24, 2.45) is 0 Å². The number of H-pyrrole nitrogens is 1. The third-order valence-corrected chi connectivity index (χ3v) is 2.57. The molecule has 0 spiro atoms. The first-order valence-electron chi connectivity index (χ1n) is 6.01. The minimum atomic E-state index is -0.122. The summed E-state index contributed by atoms with van der Waals surface area (Å²) in [5.41, 5.74) is -0.122. The fraction of sp³-hybridized carbons (Fsp3) is 0.417. The van der Waals surface area contributed by atoms with Gasteiger partial charge in [0.05, 0.1) is 6.33 Å². The van der Waals surface area contributed by atoms with E-state index in [2.05, 4.69) is 24.8 Å². The van der Waals surface area contributed by atoms with Crippen LogP contribution in [0.5, 0.6) is 0 Å². The van der Waals surface area contributed by atoms with Crippen molar-refractivity contribution in [3.8, 4) is 0 Å². The molecule has 0 aliphatic carbocycles. The molecule has 0 unspecified atom stereocenters. The highest BCUT2D eigenvalue weighted by Crippen LogP contribution is 2.00. The van der Waals surface area contributed by atoms with Crippen LogP contribution in [0.4, 0.5) is 5.82 Å². The number of imidazole rings is 1. The summed E-state index contributed by atoms with van der Waals surface area (Å²) >= 11 is 0. The van der Waals surface area contributed by atoms with Gasteiger partial charge in [-0.1, -0.05) is 0 Å². The number of nitrogens with zero attached hydrogens (tertiary/aromatic N) is 3.